The van der Waals surface area contributed by atoms with Gasteiger partial charge in [-0.05, 0) is 23.3 Å². The van der Waals surface area contributed by atoms with Crippen LogP contribution in [-0.4, -0.2) is 46.5 Å². The van der Waals surface area contributed by atoms with E-state index in [1.165, 1.54) is 16.7 Å². The minimum absolute atomic E-state index is 0.0123. The third kappa shape index (κ3) is 5.35. The molecule has 0 saturated carbocycles. The van der Waals surface area contributed by atoms with E-state index >= 15 is 0 Å². The molecule has 0 bridgehead atoms. The summed E-state index contributed by atoms with van der Waals surface area (Å²) in [7, 11) is 0. The molecule has 2 heterocycles. The average molecular weight is 535 g/mol. The largest absolute Gasteiger partial charge is 0.484 e. The fourth-order valence-corrected chi connectivity index (χ4v) is 5.75. The van der Waals surface area contributed by atoms with Gasteiger partial charge in [-0.2, -0.15) is 0 Å². The van der Waals surface area contributed by atoms with Gasteiger partial charge >= 0.3 is 5.97 Å². The SMILES string of the molecule is O=C(COc1ccccc1)N[C@@H]1C(=O)N2C(C(=O)OC(c3ccccc3)c3ccccc3)=C(Cl)CS[C@@H]12. The third-order valence-electron chi connectivity index (χ3n) is 5.97. The van der Waals surface area contributed by atoms with E-state index in [-0.39, 0.29) is 17.3 Å². The third-order valence-corrected chi connectivity index (χ3v) is 7.73. The number of nitrogens with one attached hydrogen (secondary N) is 1. The number of benzene rings is 3. The van der Waals surface area contributed by atoms with Gasteiger partial charge in [-0.1, -0.05) is 90.5 Å². The van der Waals surface area contributed by atoms with Crippen LogP contribution in [0.3, 0.4) is 0 Å². The van der Waals surface area contributed by atoms with Crippen LogP contribution in [0.1, 0.15) is 17.2 Å². The van der Waals surface area contributed by atoms with E-state index in [4.69, 9.17) is 21.1 Å². The number of β-lactam (4-membered cyclic amide) rings is 1. The van der Waals surface area contributed by atoms with Crippen LogP contribution >= 0.6 is 23.4 Å². The number of carbonyl (C=O) groups excluding carboxylic acids is 3. The number of nitrogens with zero attached hydrogens (tertiary/aromatic N) is 1. The van der Waals surface area contributed by atoms with E-state index in [2.05, 4.69) is 5.32 Å². The molecule has 1 N–H and O–H groups in total. The summed E-state index contributed by atoms with van der Waals surface area (Å²) >= 11 is 7.81. The molecule has 1 fully saturated rings. The lowest BCUT2D eigenvalue weighted by Gasteiger charge is -2.49. The lowest BCUT2D eigenvalue weighted by atomic mass is 10.0. The predicted molar refractivity (Wildman–Crippen MR) is 141 cm³/mol. The number of ether oxygens (including phenoxy) is 2. The Morgan fingerprint density at radius 3 is 2.11 bits per heavy atom. The second kappa shape index (κ2) is 11.1. The summed E-state index contributed by atoms with van der Waals surface area (Å²) in [5.74, 6) is -0.683. The van der Waals surface area contributed by atoms with Crippen LogP contribution in [0.4, 0.5) is 0 Å². The molecule has 0 aromatic heterocycles. The summed E-state index contributed by atoms with van der Waals surface area (Å²) < 4.78 is 11.4. The number of esters is 1. The van der Waals surface area contributed by atoms with E-state index < -0.39 is 35.3 Å². The highest BCUT2D eigenvalue weighted by molar-refractivity contribution is 8.00. The average Bonchev–Trinajstić information content (AvgIpc) is 2.94. The molecule has 0 unspecified atom stereocenters. The Morgan fingerprint density at radius 2 is 1.51 bits per heavy atom. The van der Waals surface area contributed by atoms with Crippen molar-refractivity contribution in [2.45, 2.75) is 17.5 Å². The maximum Gasteiger partial charge on any atom is 0.357 e. The number of fused-ring (bicyclic) bond motifs is 1. The number of rotatable bonds is 8. The topological polar surface area (TPSA) is 84.9 Å². The van der Waals surface area contributed by atoms with E-state index in [0.29, 0.717) is 11.5 Å². The molecule has 5 rings (SSSR count). The summed E-state index contributed by atoms with van der Waals surface area (Å²) in [6.07, 6.45) is -0.679. The van der Waals surface area contributed by atoms with Crippen LogP contribution in [0.2, 0.25) is 0 Å². The number of hydrogen-bond donors (Lipinski definition) is 1. The van der Waals surface area contributed by atoms with E-state index in [9.17, 15) is 14.4 Å². The Hall–Kier alpha value is -3.75. The molecule has 0 spiro atoms. The zero-order valence-corrected chi connectivity index (χ0v) is 21.2. The molecular weight excluding hydrogens is 512 g/mol. The Balaban J connectivity index is 1.28. The number of hydrogen-bond acceptors (Lipinski definition) is 6. The predicted octanol–water partition coefficient (Wildman–Crippen LogP) is 4.25. The van der Waals surface area contributed by atoms with Gasteiger partial charge in [0.25, 0.3) is 11.8 Å². The molecule has 2 aliphatic heterocycles. The van der Waals surface area contributed by atoms with Crippen molar-refractivity contribution >= 4 is 41.1 Å². The molecule has 1 saturated heterocycles. The molecule has 3 aromatic carbocycles. The lowest BCUT2D eigenvalue weighted by Crippen LogP contribution is -2.70. The van der Waals surface area contributed by atoms with Gasteiger partial charge < -0.3 is 14.8 Å². The van der Waals surface area contributed by atoms with Gasteiger partial charge in [0.15, 0.2) is 12.7 Å². The van der Waals surface area contributed by atoms with E-state index in [0.717, 1.165) is 11.1 Å². The number of thioether (sulfide) groups is 1. The molecular formula is C28H23ClN2O5S. The lowest BCUT2D eigenvalue weighted by molar-refractivity contribution is -0.154. The fourth-order valence-electron chi connectivity index (χ4n) is 4.20. The normalized spacial score (nSPS) is 18.6. The Kier molecular flexibility index (Phi) is 7.48. The highest BCUT2D eigenvalue weighted by Gasteiger charge is 2.54. The van der Waals surface area contributed by atoms with Gasteiger partial charge in [0.1, 0.15) is 22.9 Å². The van der Waals surface area contributed by atoms with Gasteiger partial charge in [-0.25, -0.2) is 4.79 Å². The molecule has 7 nitrogen and oxygen atoms in total. The molecule has 0 aliphatic carbocycles. The summed E-state index contributed by atoms with van der Waals surface area (Å²) in [6.45, 7) is -0.230. The molecule has 188 valence electrons. The Morgan fingerprint density at radius 1 is 0.946 bits per heavy atom. The van der Waals surface area contributed by atoms with Crippen molar-refractivity contribution in [1.29, 1.82) is 0 Å². The monoisotopic (exact) mass is 534 g/mol. The van der Waals surface area contributed by atoms with Crippen molar-refractivity contribution in [1.82, 2.24) is 10.2 Å². The van der Waals surface area contributed by atoms with E-state index in [1.54, 1.807) is 24.3 Å². The highest BCUT2D eigenvalue weighted by atomic mass is 35.5. The fraction of sp³-hybridized carbons (Fsp3) is 0.179. The zero-order chi connectivity index (χ0) is 25.8. The van der Waals surface area contributed by atoms with Crippen molar-refractivity contribution in [2.75, 3.05) is 12.4 Å². The molecule has 37 heavy (non-hydrogen) atoms. The van der Waals surface area contributed by atoms with Crippen molar-refractivity contribution < 1.29 is 23.9 Å². The van der Waals surface area contributed by atoms with Crippen LogP contribution in [-0.2, 0) is 19.1 Å². The molecule has 2 aliphatic rings. The van der Waals surface area contributed by atoms with Crippen molar-refractivity contribution in [3.05, 3.63) is 113 Å². The number of para-hydroxylation sites is 1. The summed E-state index contributed by atoms with van der Waals surface area (Å²) in [4.78, 5) is 40.2. The van der Waals surface area contributed by atoms with Crippen LogP contribution < -0.4 is 10.1 Å². The van der Waals surface area contributed by atoms with Gasteiger partial charge in [0.2, 0.25) is 0 Å². The minimum Gasteiger partial charge on any atom is -0.484 e. The van der Waals surface area contributed by atoms with Crippen LogP contribution in [0.15, 0.2) is 102 Å². The zero-order valence-electron chi connectivity index (χ0n) is 19.6. The molecule has 2 amide bonds. The van der Waals surface area contributed by atoms with Gasteiger partial charge in [0.05, 0.1) is 5.03 Å². The maximum atomic E-state index is 13.4. The van der Waals surface area contributed by atoms with Crippen molar-refractivity contribution in [3.63, 3.8) is 0 Å². The molecule has 0 radical (unpaired) electrons. The number of halogens is 1. The van der Waals surface area contributed by atoms with E-state index in [1.807, 2.05) is 66.7 Å². The first-order valence-corrected chi connectivity index (χ1v) is 13.1. The maximum absolute atomic E-state index is 13.4. The van der Waals surface area contributed by atoms with Gasteiger partial charge in [0, 0.05) is 5.75 Å². The number of carbonyl (C=O) groups is 3. The quantitative estimate of drug-likeness (QED) is 0.343. The second-order valence-electron chi connectivity index (χ2n) is 8.42. The highest BCUT2D eigenvalue weighted by Crippen LogP contribution is 2.42. The number of amides is 2. The van der Waals surface area contributed by atoms with Crippen LogP contribution in [0, 0.1) is 0 Å². The smallest absolute Gasteiger partial charge is 0.357 e. The molecule has 2 atom stereocenters. The Labute approximate surface area is 223 Å². The minimum atomic E-state index is -0.788. The van der Waals surface area contributed by atoms with Crippen molar-refractivity contribution in [3.8, 4) is 5.75 Å². The Bertz CT molecular complexity index is 1280. The second-order valence-corrected chi connectivity index (χ2v) is 9.98. The standard InChI is InChI=1S/C28H23ClN2O5S/c29-21-17-37-27-23(30-22(32)16-35-20-14-8-3-9-15-20)26(33)31(27)24(21)28(34)36-25(18-10-4-1-5-11-18)19-12-6-2-7-13-19/h1-15,23,25,27H,16-17H2,(H,30,32)/t23-,27+/m1/s1. The van der Waals surface area contributed by atoms with Crippen LogP contribution in [0.25, 0.3) is 0 Å². The first-order valence-electron chi connectivity index (χ1n) is 11.6. The summed E-state index contributed by atoms with van der Waals surface area (Å²) in [6, 6.07) is 26.9. The first-order chi connectivity index (χ1) is 18.0. The summed E-state index contributed by atoms with van der Waals surface area (Å²) in [5.41, 5.74) is 1.59. The molecule has 3 aromatic rings. The van der Waals surface area contributed by atoms with Gasteiger partial charge in [-0.15, -0.1) is 11.8 Å². The first kappa shape index (κ1) is 24.9. The summed E-state index contributed by atoms with van der Waals surface area (Å²) in [5, 5.41) is 2.47. The van der Waals surface area contributed by atoms with Gasteiger partial charge in [-0.3, -0.25) is 14.5 Å². The molecule has 9 heteroatoms. The van der Waals surface area contributed by atoms with Crippen molar-refractivity contribution in [2.24, 2.45) is 0 Å². The van der Waals surface area contributed by atoms with Crippen LogP contribution in [0.5, 0.6) is 5.75 Å².